The van der Waals surface area contributed by atoms with Gasteiger partial charge in [0.15, 0.2) is 0 Å². The van der Waals surface area contributed by atoms with Crippen LogP contribution in [0.5, 0.6) is 5.75 Å². The van der Waals surface area contributed by atoms with Gasteiger partial charge in [0.05, 0.1) is 17.1 Å². The lowest BCUT2D eigenvalue weighted by atomic mass is 10.1. The van der Waals surface area contributed by atoms with Crippen LogP contribution < -0.4 is 14.4 Å². The molecule has 1 N–H and O–H groups in total. The van der Waals surface area contributed by atoms with Gasteiger partial charge in [0.25, 0.3) is 10.0 Å². The number of carbonyl (C=O) groups is 1. The fourth-order valence-electron chi connectivity index (χ4n) is 3.25. The highest BCUT2D eigenvalue weighted by atomic mass is 32.2. The molecule has 0 aliphatic carbocycles. The molecule has 0 spiro atoms. The quantitative estimate of drug-likeness (QED) is 0.473. The molecule has 0 aliphatic rings. The number of anilines is 1. The molecule has 0 heterocycles. The van der Waals surface area contributed by atoms with Crippen LogP contribution in [-0.2, 0) is 21.2 Å². The van der Waals surface area contributed by atoms with Gasteiger partial charge < -0.3 is 10.1 Å². The van der Waals surface area contributed by atoms with Gasteiger partial charge in [-0.15, -0.1) is 0 Å². The highest BCUT2D eigenvalue weighted by Gasteiger charge is 2.28. The van der Waals surface area contributed by atoms with Gasteiger partial charge in [-0.2, -0.15) is 0 Å². The van der Waals surface area contributed by atoms with Crippen LogP contribution in [0.25, 0.3) is 0 Å². The Hall–Kier alpha value is -3.32. The van der Waals surface area contributed by atoms with Crippen LogP contribution in [0.4, 0.5) is 5.69 Å². The predicted octanol–water partition coefficient (Wildman–Crippen LogP) is 3.95. The number of rotatable bonds is 10. The van der Waals surface area contributed by atoms with Crippen molar-refractivity contribution in [1.29, 1.82) is 0 Å². The van der Waals surface area contributed by atoms with Crippen LogP contribution in [0.2, 0.25) is 0 Å². The van der Waals surface area contributed by atoms with Gasteiger partial charge in [-0.25, -0.2) is 8.42 Å². The summed E-state index contributed by atoms with van der Waals surface area (Å²) in [4.78, 5) is 12.8. The third-order valence-corrected chi connectivity index (χ3v) is 6.75. The molecular weight excluding hydrogens is 424 g/mol. The smallest absolute Gasteiger partial charge is 0.264 e. The highest BCUT2D eigenvalue weighted by molar-refractivity contribution is 7.92. The average Bonchev–Trinajstić information content (AvgIpc) is 2.81. The lowest BCUT2D eigenvalue weighted by Crippen LogP contribution is -2.42. The molecule has 7 heteroatoms. The van der Waals surface area contributed by atoms with Crippen LogP contribution in [0.3, 0.4) is 0 Å². The largest absolute Gasteiger partial charge is 0.492 e. The SMILES string of the molecule is CCc1ccccc1N(CC(=O)NCCOc1ccccc1)S(=O)(=O)c1ccc(C)cc1. The van der Waals surface area contributed by atoms with Crippen molar-refractivity contribution >= 4 is 21.6 Å². The van der Waals surface area contributed by atoms with E-state index < -0.39 is 15.9 Å². The molecule has 3 aromatic rings. The average molecular weight is 453 g/mol. The van der Waals surface area contributed by atoms with Crippen LogP contribution >= 0.6 is 0 Å². The Labute approximate surface area is 189 Å². The minimum absolute atomic E-state index is 0.147. The summed E-state index contributed by atoms with van der Waals surface area (Å²) in [6.45, 7) is 4.08. The number of sulfonamides is 1. The number of para-hydroxylation sites is 2. The molecule has 0 saturated heterocycles. The molecule has 0 unspecified atom stereocenters. The third kappa shape index (κ3) is 5.88. The Morgan fingerprint density at radius 2 is 1.59 bits per heavy atom. The first-order valence-corrected chi connectivity index (χ1v) is 12.0. The van der Waals surface area contributed by atoms with Crippen molar-refractivity contribution in [1.82, 2.24) is 5.32 Å². The molecule has 1 amide bonds. The number of hydrogen-bond donors (Lipinski definition) is 1. The molecule has 0 radical (unpaired) electrons. The fourth-order valence-corrected chi connectivity index (χ4v) is 4.71. The normalized spacial score (nSPS) is 11.1. The second-order valence-electron chi connectivity index (χ2n) is 7.32. The number of carbonyl (C=O) groups excluding carboxylic acids is 1. The molecule has 168 valence electrons. The van der Waals surface area contributed by atoms with Crippen molar-refractivity contribution in [2.24, 2.45) is 0 Å². The first kappa shape index (κ1) is 23.3. The number of ether oxygens (including phenoxy) is 1. The number of aryl methyl sites for hydroxylation is 2. The molecule has 32 heavy (non-hydrogen) atoms. The summed E-state index contributed by atoms with van der Waals surface area (Å²) in [6.07, 6.45) is 0.641. The molecule has 0 bridgehead atoms. The van der Waals surface area contributed by atoms with E-state index in [1.807, 2.05) is 56.3 Å². The van der Waals surface area contributed by atoms with Gasteiger partial charge >= 0.3 is 0 Å². The van der Waals surface area contributed by atoms with E-state index >= 15 is 0 Å². The second-order valence-corrected chi connectivity index (χ2v) is 9.18. The van der Waals surface area contributed by atoms with Gasteiger partial charge in [-0.05, 0) is 49.2 Å². The fraction of sp³-hybridized carbons (Fsp3) is 0.240. The van der Waals surface area contributed by atoms with Crippen molar-refractivity contribution in [3.63, 3.8) is 0 Å². The minimum Gasteiger partial charge on any atom is -0.492 e. The van der Waals surface area contributed by atoms with Crippen LogP contribution in [-0.4, -0.2) is 34.0 Å². The van der Waals surface area contributed by atoms with E-state index in [1.165, 1.54) is 4.31 Å². The van der Waals surface area contributed by atoms with E-state index in [-0.39, 0.29) is 24.6 Å². The number of nitrogens with zero attached hydrogens (tertiary/aromatic N) is 1. The number of hydrogen-bond acceptors (Lipinski definition) is 4. The molecular formula is C25H28N2O4S. The van der Waals surface area contributed by atoms with Crippen molar-refractivity contribution in [3.8, 4) is 5.75 Å². The molecule has 0 aliphatic heterocycles. The van der Waals surface area contributed by atoms with Gasteiger partial charge in [0.2, 0.25) is 5.91 Å². The summed E-state index contributed by atoms with van der Waals surface area (Å²) >= 11 is 0. The first-order chi connectivity index (χ1) is 15.4. The number of benzene rings is 3. The summed E-state index contributed by atoms with van der Waals surface area (Å²) in [5.41, 5.74) is 2.32. The van der Waals surface area contributed by atoms with Crippen molar-refractivity contribution in [3.05, 3.63) is 90.0 Å². The predicted molar refractivity (Wildman–Crippen MR) is 126 cm³/mol. The highest BCUT2D eigenvalue weighted by Crippen LogP contribution is 2.27. The van der Waals surface area contributed by atoms with Crippen LogP contribution in [0.1, 0.15) is 18.1 Å². The monoisotopic (exact) mass is 452 g/mol. The lowest BCUT2D eigenvalue weighted by Gasteiger charge is -2.26. The second kappa shape index (κ2) is 10.8. The van der Waals surface area contributed by atoms with Crippen molar-refractivity contribution in [2.45, 2.75) is 25.2 Å². The number of amides is 1. The van der Waals surface area contributed by atoms with Crippen LogP contribution in [0, 0.1) is 6.92 Å². The summed E-state index contributed by atoms with van der Waals surface area (Å²) in [5.74, 6) is 0.311. The van der Waals surface area contributed by atoms with Gasteiger partial charge in [0.1, 0.15) is 18.9 Å². The first-order valence-electron chi connectivity index (χ1n) is 10.5. The van der Waals surface area contributed by atoms with Crippen molar-refractivity contribution in [2.75, 3.05) is 24.0 Å². The van der Waals surface area contributed by atoms with Gasteiger partial charge in [-0.1, -0.05) is 61.0 Å². The van der Waals surface area contributed by atoms with Gasteiger partial charge in [0, 0.05) is 0 Å². The Bertz CT molecular complexity index is 1130. The molecule has 0 atom stereocenters. The maximum atomic E-state index is 13.5. The van der Waals surface area contributed by atoms with E-state index in [0.717, 1.165) is 11.1 Å². The zero-order valence-electron chi connectivity index (χ0n) is 18.3. The maximum absolute atomic E-state index is 13.5. The molecule has 3 aromatic carbocycles. The number of nitrogens with one attached hydrogen (secondary N) is 1. The zero-order valence-corrected chi connectivity index (χ0v) is 19.1. The Kier molecular flexibility index (Phi) is 7.89. The van der Waals surface area contributed by atoms with E-state index in [2.05, 4.69) is 5.32 Å². The molecule has 0 aromatic heterocycles. The zero-order chi connectivity index (χ0) is 23.0. The van der Waals surface area contributed by atoms with Gasteiger partial charge in [-0.3, -0.25) is 9.10 Å². The molecule has 0 saturated carbocycles. The maximum Gasteiger partial charge on any atom is 0.264 e. The molecule has 3 rings (SSSR count). The van der Waals surface area contributed by atoms with E-state index in [1.54, 1.807) is 36.4 Å². The topological polar surface area (TPSA) is 75.7 Å². The summed E-state index contributed by atoms with van der Waals surface area (Å²) in [5, 5.41) is 2.75. The Balaban J connectivity index is 1.77. The Morgan fingerprint density at radius 3 is 2.28 bits per heavy atom. The molecule has 6 nitrogen and oxygen atoms in total. The van der Waals surface area contributed by atoms with Crippen LogP contribution in [0.15, 0.2) is 83.8 Å². The third-order valence-electron chi connectivity index (χ3n) is 4.97. The van der Waals surface area contributed by atoms with E-state index in [4.69, 9.17) is 4.74 Å². The minimum atomic E-state index is -3.93. The summed E-state index contributed by atoms with van der Waals surface area (Å²) < 4.78 is 33.7. The standard InChI is InChI=1S/C25H28N2O4S/c1-3-21-9-7-8-12-24(21)27(32(29,30)23-15-13-20(2)14-16-23)19-25(28)26-17-18-31-22-10-5-4-6-11-22/h4-16H,3,17-19H2,1-2H3,(H,26,28). The Morgan fingerprint density at radius 1 is 0.938 bits per heavy atom. The van der Waals surface area contributed by atoms with E-state index in [0.29, 0.717) is 17.9 Å². The van der Waals surface area contributed by atoms with E-state index in [9.17, 15) is 13.2 Å². The lowest BCUT2D eigenvalue weighted by molar-refractivity contribution is -0.119. The molecule has 0 fully saturated rings. The summed E-state index contributed by atoms with van der Waals surface area (Å²) in [6, 6.07) is 23.2. The summed E-state index contributed by atoms with van der Waals surface area (Å²) in [7, 11) is -3.93. The van der Waals surface area contributed by atoms with Crippen molar-refractivity contribution < 1.29 is 17.9 Å².